The first-order valence-electron chi connectivity index (χ1n) is 19.0. The highest BCUT2D eigenvalue weighted by Gasteiger charge is 2.23. The van der Waals surface area contributed by atoms with Crippen molar-refractivity contribution in [3.05, 3.63) is 0 Å². The molecular formula is C38H79N. The molecule has 0 saturated carbocycles. The zero-order valence-corrected chi connectivity index (χ0v) is 28.1. The second-order valence-corrected chi connectivity index (χ2v) is 13.5. The Balaban J connectivity index is 4.05. The lowest BCUT2D eigenvalue weighted by Gasteiger charge is -2.30. The topological polar surface area (TPSA) is 26.0 Å². The van der Waals surface area contributed by atoms with Crippen molar-refractivity contribution in [3.8, 4) is 0 Å². The molecule has 0 aliphatic carbocycles. The number of unbranched alkanes of at least 4 members (excludes halogenated alkanes) is 28. The molecule has 0 aromatic rings. The molecule has 236 valence electrons. The van der Waals surface area contributed by atoms with Crippen LogP contribution in [-0.4, -0.2) is 5.54 Å². The minimum Gasteiger partial charge on any atom is -0.325 e. The second kappa shape index (κ2) is 32.5. The molecule has 39 heavy (non-hydrogen) atoms. The maximum atomic E-state index is 7.14. The van der Waals surface area contributed by atoms with Crippen molar-refractivity contribution >= 4 is 0 Å². The second-order valence-electron chi connectivity index (χ2n) is 13.5. The summed E-state index contributed by atoms with van der Waals surface area (Å²) in [6, 6.07) is 0. The Morgan fingerprint density at radius 1 is 0.256 bits per heavy atom. The highest BCUT2D eigenvalue weighted by Crippen LogP contribution is 2.27. The highest BCUT2D eigenvalue weighted by molar-refractivity contribution is 4.84. The summed E-state index contributed by atoms with van der Waals surface area (Å²) in [6.07, 6.45) is 48.1. The van der Waals surface area contributed by atoms with E-state index in [-0.39, 0.29) is 5.54 Å². The number of nitrogens with two attached hydrogens (primary N) is 1. The third kappa shape index (κ3) is 30.7. The van der Waals surface area contributed by atoms with Gasteiger partial charge in [0.15, 0.2) is 0 Å². The fourth-order valence-electron chi connectivity index (χ4n) is 6.45. The van der Waals surface area contributed by atoms with Crippen molar-refractivity contribution in [2.24, 2.45) is 5.73 Å². The van der Waals surface area contributed by atoms with Crippen LogP contribution >= 0.6 is 0 Å². The fourth-order valence-corrected chi connectivity index (χ4v) is 6.45. The summed E-state index contributed by atoms with van der Waals surface area (Å²) in [5.41, 5.74) is 7.26. The van der Waals surface area contributed by atoms with E-state index in [0.29, 0.717) is 0 Å². The van der Waals surface area contributed by atoms with Crippen LogP contribution in [-0.2, 0) is 0 Å². The molecular weight excluding hydrogens is 470 g/mol. The molecule has 0 aliphatic rings. The van der Waals surface area contributed by atoms with Gasteiger partial charge in [0.05, 0.1) is 0 Å². The lowest BCUT2D eigenvalue weighted by Crippen LogP contribution is -2.39. The molecule has 0 radical (unpaired) electrons. The summed E-state index contributed by atoms with van der Waals surface area (Å²) >= 11 is 0. The van der Waals surface area contributed by atoms with Gasteiger partial charge >= 0.3 is 0 Å². The van der Waals surface area contributed by atoms with Crippen LogP contribution < -0.4 is 5.73 Å². The predicted octanol–water partition coefficient (Wildman–Crippen LogP) is 14.0. The lowest BCUT2D eigenvalue weighted by molar-refractivity contribution is 0.302. The molecule has 0 spiro atoms. The van der Waals surface area contributed by atoms with Crippen molar-refractivity contribution < 1.29 is 0 Å². The van der Waals surface area contributed by atoms with Gasteiger partial charge in [-0.15, -0.1) is 0 Å². The largest absolute Gasteiger partial charge is 0.325 e. The zero-order chi connectivity index (χ0) is 28.5. The number of hydrogen-bond acceptors (Lipinski definition) is 1. The average molecular weight is 550 g/mol. The first-order chi connectivity index (χ1) is 19.2. The minimum atomic E-state index is 0.125. The first-order valence-corrected chi connectivity index (χ1v) is 19.0. The molecule has 2 N–H and O–H groups in total. The van der Waals surface area contributed by atoms with Gasteiger partial charge in [-0.1, -0.05) is 220 Å². The molecule has 0 atom stereocenters. The Morgan fingerprint density at radius 3 is 0.590 bits per heavy atom. The van der Waals surface area contributed by atoms with Gasteiger partial charge in [0, 0.05) is 5.54 Å². The Bertz CT molecular complexity index is 406. The molecule has 0 bridgehead atoms. The van der Waals surface area contributed by atoms with E-state index in [4.69, 9.17) is 5.73 Å². The molecule has 0 amide bonds. The van der Waals surface area contributed by atoms with E-state index in [1.54, 1.807) is 0 Å². The van der Waals surface area contributed by atoms with Crippen LogP contribution in [0, 0.1) is 0 Å². The van der Waals surface area contributed by atoms with Crippen LogP contribution in [0.3, 0.4) is 0 Å². The van der Waals surface area contributed by atoms with Crippen molar-refractivity contribution in [1.29, 1.82) is 0 Å². The van der Waals surface area contributed by atoms with Crippen LogP contribution in [0.5, 0.6) is 0 Å². The SMILES string of the molecule is CCCCCCCCCCCCCC(N)(CCCCCCCCCCCC)CCCCCCCCCCCC. The molecule has 0 aromatic heterocycles. The number of rotatable bonds is 34. The average Bonchev–Trinajstić information content (AvgIpc) is 2.94. The maximum absolute atomic E-state index is 7.14. The summed E-state index contributed by atoms with van der Waals surface area (Å²) in [7, 11) is 0. The quantitative estimate of drug-likeness (QED) is 0.0793. The molecule has 0 saturated heterocycles. The van der Waals surface area contributed by atoms with Crippen LogP contribution in [0.25, 0.3) is 0 Å². The summed E-state index contributed by atoms with van der Waals surface area (Å²) in [5.74, 6) is 0. The Labute approximate surface area is 250 Å². The van der Waals surface area contributed by atoms with Crippen LogP contribution in [0.2, 0.25) is 0 Å². The summed E-state index contributed by atoms with van der Waals surface area (Å²) < 4.78 is 0. The standard InChI is InChI=1S/C38H79N/c1-4-7-10-13-16-19-22-25-28-31-34-37-38(39,35-32-29-26-23-20-17-14-11-8-5-2)36-33-30-27-24-21-18-15-12-9-6-3/h4-37,39H2,1-3H3. The van der Waals surface area contributed by atoms with Gasteiger partial charge in [0.1, 0.15) is 0 Å². The van der Waals surface area contributed by atoms with Gasteiger partial charge in [-0.2, -0.15) is 0 Å². The van der Waals surface area contributed by atoms with E-state index in [0.717, 1.165) is 0 Å². The Kier molecular flexibility index (Phi) is 32.4. The summed E-state index contributed by atoms with van der Waals surface area (Å²) in [6.45, 7) is 6.93. The molecule has 0 rings (SSSR count). The third-order valence-electron chi connectivity index (χ3n) is 9.33. The van der Waals surface area contributed by atoms with Crippen molar-refractivity contribution in [2.75, 3.05) is 0 Å². The smallest absolute Gasteiger partial charge is 0.0154 e. The summed E-state index contributed by atoms with van der Waals surface area (Å²) in [4.78, 5) is 0. The Morgan fingerprint density at radius 2 is 0.410 bits per heavy atom. The van der Waals surface area contributed by atoms with E-state index in [9.17, 15) is 0 Å². The monoisotopic (exact) mass is 550 g/mol. The minimum absolute atomic E-state index is 0.125. The normalized spacial score (nSPS) is 12.0. The van der Waals surface area contributed by atoms with E-state index in [1.165, 1.54) is 218 Å². The van der Waals surface area contributed by atoms with E-state index in [1.807, 2.05) is 0 Å². The van der Waals surface area contributed by atoms with Gasteiger partial charge in [-0.05, 0) is 19.3 Å². The lowest BCUT2D eigenvalue weighted by atomic mass is 9.82. The van der Waals surface area contributed by atoms with Crippen LogP contribution in [0.15, 0.2) is 0 Å². The Hall–Kier alpha value is -0.0400. The van der Waals surface area contributed by atoms with Gasteiger partial charge in [-0.25, -0.2) is 0 Å². The van der Waals surface area contributed by atoms with Gasteiger partial charge in [0.2, 0.25) is 0 Å². The molecule has 1 heteroatoms. The van der Waals surface area contributed by atoms with Gasteiger partial charge in [-0.3, -0.25) is 0 Å². The van der Waals surface area contributed by atoms with Crippen LogP contribution in [0.1, 0.15) is 239 Å². The van der Waals surface area contributed by atoms with E-state index >= 15 is 0 Å². The van der Waals surface area contributed by atoms with Crippen molar-refractivity contribution in [1.82, 2.24) is 0 Å². The first kappa shape index (κ1) is 39.0. The van der Waals surface area contributed by atoms with E-state index < -0.39 is 0 Å². The van der Waals surface area contributed by atoms with E-state index in [2.05, 4.69) is 20.8 Å². The van der Waals surface area contributed by atoms with Crippen LogP contribution in [0.4, 0.5) is 0 Å². The zero-order valence-electron chi connectivity index (χ0n) is 28.1. The molecule has 0 aromatic carbocycles. The molecule has 0 unspecified atom stereocenters. The fraction of sp³-hybridized carbons (Fsp3) is 1.00. The van der Waals surface area contributed by atoms with Gasteiger partial charge in [0.25, 0.3) is 0 Å². The van der Waals surface area contributed by atoms with Crippen molar-refractivity contribution in [2.45, 2.75) is 245 Å². The highest BCUT2D eigenvalue weighted by atomic mass is 14.7. The summed E-state index contributed by atoms with van der Waals surface area (Å²) in [5, 5.41) is 0. The molecule has 0 aliphatic heterocycles. The maximum Gasteiger partial charge on any atom is 0.0154 e. The molecule has 1 nitrogen and oxygen atoms in total. The molecule has 0 fully saturated rings. The van der Waals surface area contributed by atoms with Gasteiger partial charge < -0.3 is 5.73 Å². The van der Waals surface area contributed by atoms with Crippen molar-refractivity contribution in [3.63, 3.8) is 0 Å². The predicted molar refractivity (Wildman–Crippen MR) is 181 cm³/mol. The third-order valence-corrected chi connectivity index (χ3v) is 9.33. The number of hydrogen-bond donors (Lipinski definition) is 1. The molecule has 0 heterocycles.